The summed E-state index contributed by atoms with van der Waals surface area (Å²) in [4.78, 5) is 9.06. The van der Waals surface area contributed by atoms with Crippen LogP contribution in [0.1, 0.15) is 22.3 Å². The lowest BCUT2D eigenvalue weighted by Crippen LogP contribution is -2.43. The van der Waals surface area contributed by atoms with E-state index in [1.165, 1.54) is 22.3 Å². The Kier molecular flexibility index (Phi) is 7.90. The topological polar surface area (TPSA) is 30.9 Å². The first kappa shape index (κ1) is 20.7. The van der Waals surface area contributed by atoms with Crippen molar-refractivity contribution in [1.29, 1.82) is 0 Å². The molecule has 140 valence electrons. The molecule has 0 unspecified atom stereocenters. The molecule has 0 atom stereocenters. The highest BCUT2D eigenvalue weighted by Gasteiger charge is 2.18. The van der Waals surface area contributed by atoms with Crippen LogP contribution >= 0.6 is 24.0 Å². The number of hydrogen-bond donors (Lipinski definition) is 1. The van der Waals surface area contributed by atoms with Gasteiger partial charge in [-0.3, -0.25) is 4.99 Å². The van der Waals surface area contributed by atoms with Gasteiger partial charge in [0.2, 0.25) is 0 Å². The van der Waals surface area contributed by atoms with Gasteiger partial charge in [0.25, 0.3) is 0 Å². The van der Waals surface area contributed by atoms with Crippen LogP contribution < -0.4 is 5.32 Å². The molecule has 4 nitrogen and oxygen atoms in total. The monoisotopic (exact) mass is 464 g/mol. The molecule has 0 aliphatic carbocycles. The Morgan fingerprint density at radius 3 is 2.38 bits per heavy atom. The molecule has 0 amide bonds. The fraction of sp³-hybridized carbons (Fsp3) is 0.381. The Balaban J connectivity index is 0.00000243. The van der Waals surface area contributed by atoms with Crippen LogP contribution in [0.3, 0.4) is 0 Å². The van der Waals surface area contributed by atoms with E-state index in [1.54, 1.807) is 0 Å². The van der Waals surface area contributed by atoms with Crippen molar-refractivity contribution in [3.8, 4) is 0 Å². The molecule has 1 aliphatic heterocycles. The van der Waals surface area contributed by atoms with Crippen LogP contribution in [0.15, 0.2) is 53.5 Å². The van der Waals surface area contributed by atoms with E-state index >= 15 is 0 Å². The third kappa shape index (κ3) is 5.20. The highest BCUT2D eigenvalue weighted by molar-refractivity contribution is 14.0. The SMILES string of the molecule is CN=C(NCc1ccccc1CN(C)C)N1CCc2ccccc2C1.I. The Hall–Kier alpha value is -1.60. The van der Waals surface area contributed by atoms with E-state index in [4.69, 9.17) is 0 Å². The van der Waals surface area contributed by atoms with Gasteiger partial charge in [-0.15, -0.1) is 24.0 Å². The van der Waals surface area contributed by atoms with Crippen LogP contribution in [0.25, 0.3) is 0 Å². The highest BCUT2D eigenvalue weighted by Crippen LogP contribution is 2.18. The molecule has 1 N–H and O–H groups in total. The van der Waals surface area contributed by atoms with E-state index in [1.807, 2.05) is 7.05 Å². The van der Waals surface area contributed by atoms with Crippen molar-refractivity contribution in [3.63, 3.8) is 0 Å². The zero-order chi connectivity index (χ0) is 17.6. The quantitative estimate of drug-likeness (QED) is 0.427. The molecule has 2 aromatic rings. The minimum absolute atomic E-state index is 0. The third-order valence-corrected chi connectivity index (χ3v) is 4.68. The number of nitrogens with one attached hydrogen (secondary N) is 1. The molecule has 2 aromatic carbocycles. The molecule has 1 aliphatic rings. The second kappa shape index (κ2) is 9.92. The summed E-state index contributed by atoms with van der Waals surface area (Å²) in [6.07, 6.45) is 1.08. The number of rotatable bonds is 4. The maximum Gasteiger partial charge on any atom is 0.194 e. The number of halogens is 1. The van der Waals surface area contributed by atoms with Crippen LogP contribution in [0.2, 0.25) is 0 Å². The molecule has 0 saturated carbocycles. The first-order valence-electron chi connectivity index (χ1n) is 8.91. The molecule has 5 heteroatoms. The predicted octanol–water partition coefficient (Wildman–Crippen LogP) is 3.50. The van der Waals surface area contributed by atoms with Crippen molar-refractivity contribution in [2.24, 2.45) is 4.99 Å². The molecule has 0 saturated heterocycles. The number of benzene rings is 2. The lowest BCUT2D eigenvalue weighted by Gasteiger charge is -2.31. The zero-order valence-electron chi connectivity index (χ0n) is 15.9. The van der Waals surface area contributed by atoms with E-state index in [0.717, 1.165) is 38.6 Å². The fourth-order valence-electron chi connectivity index (χ4n) is 3.41. The van der Waals surface area contributed by atoms with E-state index in [-0.39, 0.29) is 24.0 Å². The van der Waals surface area contributed by atoms with Gasteiger partial charge in [-0.25, -0.2) is 0 Å². The Bertz CT molecular complexity index is 742. The van der Waals surface area contributed by atoms with Crippen molar-refractivity contribution < 1.29 is 0 Å². The van der Waals surface area contributed by atoms with Gasteiger partial charge in [0.15, 0.2) is 5.96 Å². The van der Waals surface area contributed by atoms with Gasteiger partial charge in [-0.05, 0) is 42.8 Å². The van der Waals surface area contributed by atoms with Crippen molar-refractivity contribution in [2.45, 2.75) is 26.1 Å². The van der Waals surface area contributed by atoms with E-state index in [0.29, 0.717) is 0 Å². The van der Waals surface area contributed by atoms with Crippen molar-refractivity contribution in [2.75, 3.05) is 27.7 Å². The summed E-state index contributed by atoms with van der Waals surface area (Å²) < 4.78 is 0. The van der Waals surface area contributed by atoms with Crippen LogP contribution in [-0.2, 0) is 26.1 Å². The maximum atomic E-state index is 4.51. The second-order valence-electron chi connectivity index (χ2n) is 6.85. The molecule has 0 spiro atoms. The molecule has 0 aromatic heterocycles. The predicted molar refractivity (Wildman–Crippen MR) is 120 cm³/mol. The number of aliphatic imine (C=N–C) groups is 1. The smallest absolute Gasteiger partial charge is 0.194 e. The lowest BCUT2D eigenvalue weighted by atomic mass is 10.0. The molecular formula is C21H29IN4. The number of hydrogen-bond acceptors (Lipinski definition) is 2. The van der Waals surface area contributed by atoms with Gasteiger partial charge in [-0.2, -0.15) is 0 Å². The molecule has 0 radical (unpaired) electrons. The van der Waals surface area contributed by atoms with Crippen molar-refractivity contribution >= 4 is 29.9 Å². The summed E-state index contributed by atoms with van der Waals surface area (Å²) in [6.45, 7) is 3.69. The van der Waals surface area contributed by atoms with Crippen molar-refractivity contribution in [1.82, 2.24) is 15.1 Å². The second-order valence-corrected chi connectivity index (χ2v) is 6.85. The van der Waals surface area contributed by atoms with E-state index in [2.05, 4.69) is 82.7 Å². The fourth-order valence-corrected chi connectivity index (χ4v) is 3.41. The number of nitrogens with zero attached hydrogens (tertiary/aromatic N) is 3. The average molecular weight is 464 g/mol. The maximum absolute atomic E-state index is 4.51. The normalized spacial score (nSPS) is 14.0. The Morgan fingerprint density at radius 2 is 1.69 bits per heavy atom. The minimum atomic E-state index is 0. The van der Waals surface area contributed by atoms with E-state index in [9.17, 15) is 0 Å². The minimum Gasteiger partial charge on any atom is -0.352 e. The summed E-state index contributed by atoms with van der Waals surface area (Å²) >= 11 is 0. The van der Waals surface area contributed by atoms with E-state index < -0.39 is 0 Å². The van der Waals surface area contributed by atoms with Crippen LogP contribution in [0.5, 0.6) is 0 Å². The summed E-state index contributed by atoms with van der Waals surface area (Å²) in [7, 11) is 6.08. The molecule has 0 bridgehead atoms. The van der Waals surface area contributed by atoms with Crippen LogP contribution in [0.4, 0.5) is 0 Å². The average Bonchev–Trinajstić information content (AvgIpc) is 2.63. The summed E-state index contributed by atoms with van der Waals surface area (Å²) in [5.41, 5.74) is 5.56. The molecule has 1 heterocycles. The standard InChI is InChI=1S/C21H28N4.HI/c1-22-21(25-13-12-17-8-4-6-11-20(17)16-25)23-14-18-9-5-7-10-19(18)15-24(2)3;/h4-11H,12-16H2,1-3H3,(H,22,23);1H. The third-order valence-electron chi connectivity index (χ3n) is 4.68. The summed E-state index contributed by atoms with van der Waals surface area (Å²) in [5, 5.41) is 3.56. The molecule has 26 heavy (non-hydrogen) atoms. The first-order chi connectivity index (χ1) is 12.2. The molecule has 3 rings (SSSR count). The molecular weight excluding hydrogens is 435 g/mol. The van der Waals surface area contributed by atoms with Gasteiger partial charge in [0.1, 0.15) is 0 Å². The van der Waals surface area contributed by atoms with Gasteiger partial charge in [0, 0.05) is 33.2 Å². The number of guanidine groups is 1. The van der Waals surface area contributed by atoms with Crippen LogP contribution in [0, 0.1) is 0 Å². The lowest BCUT2D eigenvalue weighted by molar-refractivity contribution is 0.377. The summed E-state index contributed by atoms with van der Waals surface area (Å²) in [6, 6.07) is 17.3. The first-order valence-corrected chi connectivity index (χ1v) is 8.91. The Morgan fingerprint density at radius 1 is 1.04 bits per heavy atom. The highest BCUT2D eigenvalue weighted by atomic mass is 127. The molecule has 0 fully saturated rings. The largest absolute Gasteiger partial charge is 0.352 e. The van der Waals surface area contributed by atoms with Crippen LogP contribution in [-0.4, -0.2) is 43.4 Å². The van der Waals surface area contributed by atoms with Crippen molar-refractivity contribution in [3.05, 3.63) is 70.8 Å². The zero-order valence-corrected chi connectivity index (χ0v) is 18.2. The van der Waals surface area contributed by atoms with Gasteiger partial charge >= 0.3 is 0 Å². The number of fused-ring (bicyclic) bond motifs is 1. The summed E-state index contributed by atoms with van der Waals surface area (Å²) in [5.74, 6) is 0.981. The van der Waals surface area contributed by atoms with Gasteiger partial charge < -0.3 is 15.1 Å². The Labute approximate surface area is 174 Å². The van der Waals surface area contributed by atoms with Gasteiger partial charge in [0.05, 0.1) is 0 Å². The van der Waals surface area contributed by atoms with Gasteiger partial charge in [-0.1, -0.05) is 48.5 Å².